The number of imidazole rings is 1. The first-order chi connectivity index (χ1) is 13.5. The van der Waals surface area contributed by atoms with E-state index < -0.39 is 6.04 Å². The second kappa shape index (κ2) is 9.71. The van der Waals surface area contributed by atoms with Gasteiger partial charge in [0.1, 0.15) is 11.9 Å². The Kier molecular flexibility index (Phi) is 7.06. The van der Waals surface area contributed by atoms with E-state index in [0.717, 1.165) is 55.4 Å². The average Bonchev–Trinajstić information content (AvgIpc) is 3.12. The fourth-order valence-corrected chi connectivity index (χ4v) is 3.87. The number of benzene rings is 1. The van der Waals surface area contributed by atoms with Gasteiger partial charge >= 0.3 is 0 Å². The Hall–Kier alpha value is -2.37. The van der Waals surface area contributed by atoms with Gasteiger partial charge in [0.15, 0.2) is 0 Å². The van der Waals surface area contributed by atoms with Crippen LogP contribution in [0.3, 0.4) is 0 Å². The minimum atomic E-state index is -0.472. The molecule has 1 atom stereocenters. The number of amides is 2. The highest BCUT2D eigenvalue weighted by molar-refractivity contribution is 5.88. The lowest BCUT2D eigenvalue weighted by Gasteiger charge is -2.26. The van der Waals surface area contributed by atoms with Crippen molar-refractivity contribution in [1.29, 1.82) is 0 Å². The fourth-order valence-electron chi connectivity index (χ4n) is 3.87. The average molecular weight is 385 g/mol. The molecule has 1 aromatic carbocycles. The van der Waals surface area contributed by atoms with Crippen LogP contribution in [0.1, 0.15) is 58.2 Å². The lowest BCUT2D eigenvalue weighted by Crippen LogP contribution is -2.51. The maximum absolute atomic E-state index is 12.6. The number of fused-ring (bicyclic) bond motifs is 1. The molecule has 1 fully saturated rings. The van der Waals surface area contributed by atoms with Crippen molar-refractivity contribution in [2.24, 2.45) is 11.8 Å². The molecule has 28 heavy (non-hydrogen) atoms. The SMILES string of the molecule is CC(C)[C@H](NC(=O)C1CCCCC1)C(=O)NCCCc1nc2ccccc2[nH]1. The number of hydrogen-bond acceptors (Lipinski definition) is 3. The number of nitrogens with zero attached hydrogens (tertiary/aromatic N) is 1. The first-order valence-corrected chi connectivity index (χ1v) is 10.6. The van der Waals surface area contributed by atoms with Crippen molar-refractivity contribution in [2.45, 2.75) is 64.8 Å². The number of aromatic nitrogens is 2. The van der Waals surface area contributed by atoms with E-state index in [0.29, 0.717) is 6.54 Å². The highest BCUT2D eigenvalue weighted by Crippen LogP contribution is 2.24. The smallest absolute Gasteiger partial charge is 0.242 e. The van der Waals surface area contributed by atoms with E-state index in [-0.39, 0.29) is 23.7 Å². The van der Waals surface area contributed by atoms with Gasteiger partial charge in [-0.1, -0.05) is 45.2 Å². The van der Waals surface area contributed by atoms with Gasteiger partial charge in [0, 0.05) is 18.9 Å². The number of aromatic amines is 1. The zero-order valence-corrected chi connectivity index (χ0v) is 17.0. The number of hydrogen-bond donors (Lipinski definition) is 3. The minimum Gasteiger partial charge on any atom is -0.354 e. The van der Waals surface area contributed by atoms with Crippen molar-refractivity contribution >= 4 is 22.8 Å². The predicted molar refractivity (Wildman–Crippen MR) is 111 cm³/mol. The van der Waals surface area contributed by atoms with Crippen LogP contribution < -0.4 is 10.6 Å². The van der Waals surface area contributed by atoms with Crippen LogP contribution in [0, 0.1) is 11.8 Å². The highest BCUT2D eigenvalue weighted by Gasteiger charge is 2.28. The second-order valence-corrected chi connectivity index (χ2v) is 8.16. The Morgan fingerprint density at radius 2 is 1.93 bits per heavy atom. The topological polar surface area (TPSA) is 86.9 Å². The third kappa shape index (κ3) is 5.33. The van der Waals surface area contributed by atoms with Crippen molar-refractivity contribution < 1.29 is 9.59 Å². The normalized spacial score (nSPS) is 16.2. The Balaban J connectivity index is 1.45. The molecule has 2 amide bonds. The molecule has 6 nitrogen and oxygen atoms in total. The van der Waals surface area contributed by atoms with Gasteiger partial charge in [-0.2, -0.15) is 0 Å². The molecular weight excluding hydrogens is 352 g/mol. The molecule has 0 aliphatic heterocycles. The van der Waals surface area contributed by atoms with Gasteiger partial charge in [-0.25, -0.2) is 4.98 Å². The molecule has 0 radical (unpaired) electrons. The van der Waals surface area contributed by atoms with E-state index in [1.54, 1.807) is 0 Å². The maximum atomic E-state index is 12.6. The van der Waals surface area contributed by atoms with Crippen LogP contribution in [0.15, 0.2) is 24.3 Å². The molecule has 6 heteroatoms. The number of carbonyl (C=O) groups excluding carboxylic acids is 2. The molecule has 1 aliphatic rings. The third-order valence-corrected chi connectivity index (χ3v) is 5.55. The second-order valence-electron chi connectivity index (χ2n) is 8.16. The number of aryl methyl sites for hydroxylation is 1. The summed E-state index contributed by atoms with van der Waals surface area (Å²) in [6.07, 6.45) is 6.88. The molecule has 1 saturated carbocycles. The van der Waals surface area contributed by atoms with Crippen LogP contribution >= 0.6 is 0 Å². The Morgan fingerprint density at radius 1 is 1.18 bits per heavy atom. The summed E-state index contributed by atoms with van der Waals surface area (Å²) in [6, 6.07) is 7.48. The summed E-state index contributed by atoms with van der Waals surface area (Å²) in [7, 11) is 0. The summed E-state index contributed by atoms with van der Waals surface area (Å²) in [4.78, 5) is 33.0. The Morgan fingerprint density at radius 3 is 2.64 bits per heavy atom. The lowest BCUT2D eigenvalue weighted by molar-refractivity contribution is -0.132. The number of carbonyl (C=O) groups is 2. The van der Waals surface area contributed by atoms with Crippen LogP contribution in [0.2, 0.25) is 0 Å². The fraction of sp³-hybridized carbons (Fsp3) is 0.591. The van der Waals surface area contributed by atoms with Crippen LogP contribution in [0.5, 0.6) is 0 Å². The van der Waals surface area contributed by atoms with E-state index in [1.807, 2.05) is 38.1 Å². The summed E-state index contributed by atoms with van der Waals surface area (Å²) in [5.74, 6) is 1.000. The first kappa shape index (κ1) is 20.4. The molecule has 1 aromatic heterocycles. The van der Waals surface area contributed by atoms with E-state index in [9.17, 15) is 9.59 Å². The molecular formula is C22H32N4O2. The Labute approximate surface area is 166 Å². The molecule has 0 spiro atoms. The van der Waals surface area contributed by atoms with E-state index in [2.05, 4.69) is 20.6 Å². The van der Waals surface area contributed by atoms with Crippen LogP contribution in [0.25, 0.3) is 11.0 Å². The van der Waals surface area contributed by atoms with Crippen LogP contribution in [-0.2, 0) is 16.0 Å². The van der Waals surface area contributed by atoms with E-state index in [1.165, 1.54) is 6.42 Å². The zero-order valence-electron chi connectivity index (χ0n) is 17.0. The lowest BCUT2D eigenvalue weighted by atomic mass is 9.88. The molecule has 0 bridgehead atoms. The molecule has 0 unspecified atom stereocenters. The van der Waals surface area contributed by atoms with E-state index in [4.69, 9.17) is 0 Å². The largest absolute Gasteiger partial charge is 0.354 e. The number of nitrogens with one attached hydrogen (secondary N) is 3. The molecule has 152 valence electrons. The van der Waals surface area contributed by atoms with Crippen molar-refractivity contribution in [1.82, 2.24) is 20.6 Å². The molecule has 3 N–H and O–H groups in total. The van der Waals surface area contributed by atoms with Gasteiger partial charge < -0.3 is 15.6 Å². The molecule has 3 rings (SSSR count). The van der Waals surface area contributed by atoms with Gasteiger partial charge in [0.05, 0.1) is 11.0 Å². The van der Waals surface area contributed by atoms with Gasteiger partial charge in [-0.15, -0.1) is 0 Å². The number of H-pyrrole nitrogens is 1. The van der Waals surface area contributed by atoms with Gasteiger partial charge in [-0.3, -0.25) is 9.59 Å². The van der Waals surface area contributed by atoms with Crippen molar-refractivity contribution in [2.75, 3.05) is 6.54 Å². The summed E-state index contributed by atoms with van der Waals surface area (Å²) < 4.78 is 0. The third-order valence-electron chi connectivity index (χ3n) is 5.55. The summed E-state index contributed by atoms with van der Waals surface area (Å²) in [6.45, 7) is 4.51. The van der Waals surface area contributed by atoms with Crippen LogP contribution in [-0.4, -0.2) is 34.4 Å². The van der Waals surface area contributed by atoms with Crippen molar-refractivity contribution in [3.8, 4) is 0 Å². The molecule has 1 heterocycles. The predicted octanol–water partition coefficient (Wildman–Crippen LogP) is 3.33. The summed E-state index contributed by atoms with van der Waals surface area (Å²) in [5.41, 5.74) is 2.00. The molecule has 2 aromatic rings. The monoisotopic (exact) mass is 384 g/mol. The summed E-state index contributed by atoms with van der Waals surface area (Å²) in [5, 5.41) is 5.97. The Bertz CT molecular complexity index is 760. The number of rotatable bonds is 8. The van der Waals surface area contributed by atoms with Gasteiger partial charge in [0.25, 0.3) is 0 Å². The summed E-state index contributed by atoms with van der Waals surface area (Å²) >= 11 is 0. The molecule has 1 aliphatic carbocycles. The van der Waals surface area contributed by atoms with Gasteiger partial charge in [0.2, 0.25) is 11.8 Å². The quantitative estimate of drug-likeness (QED) is 0.610. The first-order valence-electron chi connectivity index (χ1n) is 10.6. The van der Waals surface area contributed by atoms with E-state index >= 15 is 0 Å². The van der Waals surface area contributed by atoms with Crippen molar-refractivity contribution in [3.63, 3.8) is 0 Å². The van der Waals surface area contributed by atoms with Crippen molar-refractivity contribution in [3.05, 3.63) is 30.1 Å². The molecule has 0 saturated heterocycles. The minimum absolute atomic E-state index is 0.0378. The standard InChI is InChI=1S/C22H32N4O2/c1-15(2)20(26-21(27)16-9-4-3-5-10-16)22(28)23-14-8-13-19-24-17-11-6-7-12-18(17)25-19/h6-7,11-12,15-16,20H,3-5,8-10,13-14H2,1-2H3,(H,23,28)(H,24,25)(H,26,27)/t20-/m0/s1. The van der Waals surface area contributed by atoms with Crippen LogP contribution in [0.4, 0.5) is 0 Å². The zero-order chi connectivity index (χ0) is 19.9. The highest BCUT2D eigenvalue weighted by atomic mass is 16.2. The maximum Gasteiger partial charge on any atom is 0.242 e. The number of para-hydroxylation sites is 2. The van der Waals surface area contributed by atoms with Gasteiger partial charge in [-0.05, 0) is 37.3 Å².